The van der Waals surface area contributed by atoms with Crippen LogP contribution in [0.1, 0.15) is 45.1 Å². The molecule has 2 heterocycles. The molecule has 1 spiro atoms. The third-order valence-electron chi connectivity index (χ3n) is 7.12. The quantitative estimate of drug-likeness (QED) is 0.524. The highest BCUT2D eigenvalue weighted by Crippen LogP contribution is 2.39. The molecule has 176 valence electrons. The zero-order valence-corrected chi connectivity index (χ0v) is 20.2. The van der Waals surface area contributed by atoms with Crippen LogP contribution in [0.25, 0.3) is 10.2 Å². The molecule has 2 aromatic carbocycles. The molecule has 2 unspecified atom stereocenters. The van der Waals surface area contributed by atoms with Crippen molar-refractivity contribution in [3.63, 3.8) is 0 Å². The number of anilines is 2. The molecule has 2 aliphatic rings. The maximum absolute atomic E-state index is 13.7. The van der Waals surface area contributed by atoms with E-state index in [0.29, 0.717) is 17.2 Å². The average molecular weight is 477 g/mol. The van der Waals surface area contributed by atoms with Crippen LogP contribution >= 0.6 is 11.3 Å². The first kappa shape index (κ1) is 22.5. The summed E-state index contributed by atoms with van der Waals surface area (Å²) in [6.07, 6.45) is 4.32. The fraction of sp³-hybridized carbons (Fsp3) is 0.385. The van der Waals surface area contributed by atoms with E-state index in [1.807, 2.05) is 55.5 Å². The Morgan fingerprint density at radius 3 is 2.65 bits per heavy atom. The fourth-order valence-corrected chi connectivity index (χ4v) is 6.05. The number of thiazole rings is 1. The molecule has 7 nitrogen and oxygen atoms in total. The molecule has 1 N–H and O–H groups in total. The molecule has 2 atom stereocenters. The van der Waals surface area contributed by atoms with Gasteiger partial charge >= 0.3 is 6.03 Å². The lowest BCUT2D eigenvalue weighted by atomic mass is 9.73. The lowest BCUT2D eigenvalue weighted by molar-refractivity contribution is -0.136. The predicted octanol–water partition coefficient (Wildman–Crippen LogP) is 5.02. The summed E-state index contributed by atoms with van der Waals surface area (Å²) < 4.78 is 0.963. The van der Waals surface area contributed by atoms with Gasteiger partial charge in [0.05, 0.1) is 15.9 Å². The van der Waals surface area contributed by atoms with E-state index >= 15 is 0 Å². The van der Waals surface area contributed by atoms with Gasteiger partial charge in [0.25, 0.3) is 11.8 Å². The number of urea groups is 1. The summed E-state index contributed by atoms with van der Waals surface area (Å²) in [6.45, 7) is 3.75. The van der Waals surface area contributed by atoms with Crippen LogP contribution in [-0.4, -0.2) is 39.8 Å². The van der Waals surface area contributed by atoms with Crippen molar-refractivity contribution in [2.75, 3.05) is 11.4 Å². The highest BCUT2D eigenvalue weighted by atomic mass is 32.1. The minimum Gasteiger partial charge on any atom is -0.323 e. The van der Waals surface area contributed by atoms with Gasteiger partial charge in [-0.1, -0.05) is 62.3 Å². The van der Waals surface area contributed by atoms with Gasteiger partial charge in [-0.3, -0.25) is 19.4 Å². The van der Waals surface area contributed by atoms with Gasteiger partial charge < -0.3 is 5.32 Å². The highest BCUT2D eigenvalue weighted by Gasteiger charge is 2.55. The first-order valence-electron chi connectivity index (χ1n) is 11.8. The van der Waals surface area contributed by atoms with Crippen LogP contribution in [0.4, 0.5) is 15.6 Å². The van der Waals surface area contributed by atoms with Crippen LogP contribution in [0.5, 0.6) is 0 Å². The minimum atomic E-state index is -0.890. The van der Waals surface area contributed by atoms with Crippen LogP contribution in [0.2, 0.25) is 0 Å². The summed E-state index contributed by atoms with van der Waals surface area (Å²) >= 11 is 1.41. The lowest BCUT2D eigenvalue weighted by Gasteiger charge is -2.36. The molecule has 8 heteroatoms. The van der Waals surface area contributed by atoms with Gasteiger partial charge in [0.1, 0.15) is 12.1 Å². The van der Waals surface area contributed by atoms with Crippen molar-refractivity contribution in [2.45, 2.75) is 51.5 Å². The van der Waals surface area contributed by atoms with Crippen LogP contribution in [0, 0.1) is 5.92 Å². The Hall–Kier alpha value is -3.26. The molecule has 34 heavy (non-hydrogen) atoms. The number of benzene rings is 2. The zero-order valence-electron chi connectivity index (χ0n) is 19.4. The van der Waals surface area contributed by atoms with Gasteiger partial charge in [0.2, 0.25) is 0 Å². The predicted molar refractivity (Wildman–Crippen MR) is 133 cm³/mol. The van der Waals surface area contributed by atoms with Crippen molar-refractivity contribution >= 4 is 50.2 Å². The summed E-state index contributed by atoms with van der Waals surface area (Å²) in [5, 5.41) is 3.45. The number of amides is 4. The second-order valence-corrected chi connectivity index (χ2v) is 10.2. The molecule has 2 fully saturated rings. The van der Waals surface area contributed by atoms with Crippen molar-refractivity contribution < 1.29 is 14.4 Å². The number of nitrogens with one attached hydrogen (secondary N) is 1. The molecule has 1 aromatic heterocycles. The van der Waals surface area contributed by atoms with Gasteiger partial charge in [-0.25, -0.2) is 9.78 Å². The van der Waals surface area contributed by atoms with E-state index < -0.39 is 11.6 Å². The van der Waals surface area contributed by atoms with E-state index in [1.165, 1.54) is 16.2 Å². The number of rotatable bonds is 5. The van der Waals surface area contributed by atoms with E-state index in [1.54, 1.807) is 0 Å². The zero-order chi connectivity index (χ0) is 23.9. The summed E-state index contributed by atoms with van der Waals surface area (Å²) in [5.41, 5.74) is 1.73. The summed E-state index contributed by atoms with van der Waals surface area (Å²) in [7, 11) is 0. The Labute approximate surface area is 202 Å². The average Bonchev–Trinajstić information content (AvgIpc) is 3.36. The third-order valence-corrected chi connectivity index (χ3v) is 8.14. The number of hydrogen-bond acceptors (Lipinski definition) is 5. The Kier molecular flexibility index (Phi) is 5.85. The van der Waals surface area contributed by atoms with Gasteiger partial charge in [-0.2, -0.15) is 0 Å². The number of imide groups is 1. The Morgan fingerprint density at radius 2 is 1.94 bits per heavy atom. The van der Waals surface area contributed by atoms with E-state index in [4.69, 9.17) is 0 Å². The van der Waals surface area contributed by atoms with Crippen molar-refractivity contribution in [2.24, 2.45) is 5.92 Å². The van der Waals surface area contributed by atoms with E-state index in [0.717, 1.165) is 46.4 Å². The Bertz CT molecular complexity index is 1220. The molecule has 4 amide bonds. The smallest absolute Gasteiger partial charge is 0.323 e. The number of carbonyl (C=O) groups is 3. The molecule has 5 rings (SSSR count). The van der Waals surface area contributed by atoms with Crippen LogP contribution in [0.15, 0.2) is 48.5 Å². The molecule has 1 saturated carbocycles. The van der Waals surface area contributed by atoms with Crippen LogP contribution in [-0.2, 0) is 16.0 Å². The van der Waals surface area contributed by atoms with E-state index in [2.05, 4.69) is 17.2 Å². The van der Waals surface area contributed by atoms with Crippen molar-refractivity contribution in [1.82, 2.24) is 15.2 Å². The highest BCUT2D eigenvalue weighted by molar-refractivity contribution is 7.22. The topological polar surface area (TPSA) is 82.6 Å². The van der Waals surface area contributed by atoms with Crippen molar-refractivity contribution in [3.05, 3.63) is 54.1 Å². The molecule has 1 aliphatic carbocycles. The largest absolute Gasteiger partial charge is 0.325 e. The maximum atomic E-state index is 13.7. The Morgan fingerprint density at radius 1 is 1.18 bits per heavy atom. The molecular weight excluding hydrogens is 448 g/mol. The number of aromatic nitrogens is 1. The van der Waals surface area contributed by atoms with Crippen molar-refractivity contribution in [1.29, 1.82) is 0 Å². The lowest BCUT2D eigenvalue weighted by Crippen LogP contribution is -2.54. The molecule has 3 aromatic rings. The first-order valence-corrected chi connectivity index (χ1v) is 12.7. The van der Waals surface area contributed by atoms with E-state index in [9.17, 15) is 14.4 Å². The van der Waals surface area contributed by atoms with Crippen LogP contribution in [0.3, 0.4) is 0 Å². The normalized spacial score (nSPS) is 22.4. The summed E-state index contributed by atoms with van der Waals surface area (Å²) in [6, 6.07) is 15.0. The number of hydrogen-bond donors (Lipinski definition) is 1. The molecule has 0 bridgehead atoms. The summed E-state index contributed by atoms with van der Waals surface area (Å²) in [5.74, 6) is -0.615. The van der Waals surface area contributed by atoms with Crippen molar-refractivity contribution in [3.8, 4) is 0 Å². The number of aryl methyl sites for hydroxylation is 1. The first-order chi connectivity index (χ1) is 16.4. The fourth-order valence-electron chi connectivity index (χ4n) is 5.04. The van der Waals surface area contributed by atoms with E-state index in [-0.39, 0.29) is 24.3 Å². The second-order valence-electron chi connectivity index (χ2n) is 9.15. The second kappa shape index (κ2) is 8.83. The molecular formula is C26H28N4O3S. The Balaban J connectivity index is 1.48. The minimum absolute atomic E-state index is 0.0414. The number of fused-ring (bicyclic) bond motifs is 1. The third kappa shape index (κ3) is 3.76. The standard InChI is InChI=1S/C26H28N4O3S/c1-3-18-11-13-19(14-12-18)30(25-27-20-9-4-5-10-21(20)34-25)22(31)16-29-23(32)26(28-24(29)33)15-7-6-8-17(26)2/h4-5,9-14,17H,3,6-8,15-16H2,1-2H3,(H,28,33). The monoisotopic (exact) mass is 476 g/mol. The van der Waals surface area contributed by atoms with Crippen LogP contribution < -0.4 is 10.2 Å². The van der Waals surface area contributed by atoms with Gasteiger partial charge in [-0.05, 0) is 55.0 Å². The molecule has 1 saturated heterocycles. The molecule has 1 aliphatic heterocycles. The number of carbonyl (C=O) groups excluding carboxylic acids is 3. The SMILES string of the molecule is CCc1ccc(N(C(=O)CN2C(=O)NC3(CCCCC3C)C2=O)c2nc3ccccc3s2)cc1. The summed E-state index contributed by atoms with van der Waals surface area (Å²) in [4.78, 5) is 47.3. The van der Waals surface area contributed by atoms with Gasteiger partial charge in [0, 0.05) is 0 Å². The number of nitrogens with zero attached hydrogens (tertiary/aromatic N) is 3. The molecule has 0 radical (unpaired) electrons. The van der Waals surface area contributed by atoms with Gasteiger partial charge in [0.15, 0.2) is 5.13 Å². The number of para-hydroxylation sites is 1. The van der Waals surface area contributed by atoms with Gasteiger partial charge in [-0.15, -0.1) is 0 Å². The maximum Gasteiger partial charge on any atom is 0.325 e.